The molecule has 2 aromatic carbocycles. The maximum Gasteiger partial charge on any atom is 0.131 e. The summed E-state index contributed by atoms with van der Waals surface area (Å²) in [6, 6.07) is 10.1. The third kappa shape index (κ3) is 3.08. The first-order chi connectivity index (χ1) is 9.00. The summed E-state index contributed by atoms with van der Waals surface area (Å²) in [6.07, 6.45) is -0.795. The fourth-order valence-corrected chi connectivity index (χ4v) is 2.51. The lowest BCUT2D eigenvalue weighted by Gasteiger charge is -2.15. The summed E-state index contributed by atoms with van der Waals surface area (Å²) in [4.78, 5) is 0. The Hall–Kier alpha value is -1.09. The van der Waals surface area contributed by atoms with Crippen LogP contribution in [0, 0.1) is 12.7 Å². The molecule has 0 amide bonds. The standard InChI is InChI=1S/C15H13Cl2FO/c1-9-4-2-5-10(15(9)18)14(19)8-11-12(16)6-3-7-13(11)17/h2-7,14,19H,8H2,1H3. The second kappa shape index (κ2) is 5.91. The van der Waals surface area contributed by atoms with Gasteiger partial charge in [-0.2, -0.15) is 0 Å². The van der Waals surface area contributed by atoms with Crippen molar-refractivity contribution in [2.45, 2.75) is 19.4 Å². The van der Waals surface area contributed by atoms with Gasteiger partial charge in [0.25, 0.3) is 0 Å². The van der Waals surface area contributed by atoms with Gasteiger partial charge < -0.3 is 5.11 Å². The van der Waals surface area contributed by atoms with E-state index in [1.54, 1.807) is 43.3 Å². The average Bonchev–Trinajstić information content (AvgIpc) is 2.37. The second-order valence-corrected chi connectivity index (χ2v) is 5.21. The summed E-state index contributed by atoms with van der Waals surface area (Å²) in [6.45, 7) is 1.66. The molecule has 0 spiro atoms. The quantitative estimate of drug-likeness (QED) is 0.869. The highest BCUT2D eigenvalue weighted by Gasteiger charge is 2.17. The molecule has 0 saturated heterocycles. The molecule has 0 saturated carbocycles. The molecule has 0 aliphatic carbocycles. The van der Waals surface area contributed by atoms with Gasteiger partial charge in [0.1, 0.15) is 5.82 Å². The maximum absolute atomic E-state index is 13.9. The molecule has 1 nitrogen and oxygen atoms in total. The Labute approximate surface area is 121 Å². The van der Waals surface area contributed by atoms with E-state index in [2.05, 4.69) is 0 Å². The Morgan fingerprint density at radius 3 is 2.32 bits per heavy atom. The summed E-state index contributed by atoms with van der Waals surface area (Å²) < 4.78 is 13.9. The van der Waals surface area contributed by atoms with E-state index in [0.717, 1.165) is 0 Å². The minimum atomic E-state index is -0.975. The lowest BCUT2D eigenvalue weighted by atomic mass is 9.99. The Morgan fingerprint density at radius 1 is 1.11 bits per heavy atom. The van der Waals surface area contributed by atoms with Gasteiger partial charge in [-0.15, -0.1) is 0 Å². The minimum Gasteiger partial charge on any atom is -0.388 e. The predicted octanol–water partition coefficient (Wildman–Crippen LogP) is 4.72. The van der Waals surface area contributed by atoms with Crippen LogP contribution in [0.1, 0.15) is 22.8 Å². The molecule has 0 heterocycles. The normalized spacial score (nSPS) is 12.5. The summed E-state index contributed by atoms with van der Waals surface area (Å²) in [5.41, 5.74) is 1.39. The van der Waals surface area contributed by atoms with Crippen LogP contribution in [0.15, 0.2) is 36.4 Å². The predicted molar refractivity (Wildman–Crippen MR) is 76.3 cm³/mol. The third-order valence-electron chi connectivity index (χ3n) is 3.04. The first-order valence-electron chi connectivity index (χ1n) is 5.86. The van der Waals surface area contributed by atoms with E-state index in [1.165, 1.54) is 0 Å². The van der Waals surface area contributed by atoms with Gasteiger partial charge in [-0.05, 0) is 30.2 Å². The molecule has 0 fully saturated rings. The van der Waals surface area contributed by atoms with Gasteiger partial charge in [-0.25, -0.2) is 4.39 Å². The molecule has 0 aromatic heterocycles. The molecule has 1 N–H and O–H groups in total. The van der Waals surface area contributed by atoms with Crippen molar-refractivity contribution in [1.29, 1.82) is 0 Å². The number of rotatable bonds is 3. The Kier molecular flexibility index (Phi) is 4.46. The number of halogens is 3. The largest absolute Gasteiger partial charge is 0.388 e. The van der Waals surface area contributed by atoms with Gasteiger partial charge in [0.15, 0.2) is 0 Å². The molecule has 19 heavy (non-hydrogen) atoms. The van der Waals surface area contributed by atoms with Crippen LogP contribution in [0.3, 0.4) is 0 Å². The van der Waals surface area contributed by atoms with Gasteiger partial charge in [0.2, 0.25) is 0 Å². The highest BCUT2D eigenvalue weighted by atomic mass is 35.5. The second-order valence-electron chi connectivity index (χ2n) is 4.40. The monoisotopic (exact) mass is 298 g/mol. The van der Waals surface area contributed by atoms with Crippen LogP contribution in [-0.2, 0) is 6.42 Å². The number of hydrogen-bond donors (Lipinski definition) is 1. The number of aryl methyl sites for hydroxylation is 1. The first-order valence-corrected chi connectivity index (χ1v) is 6.62. The highest BCUT2D eigenvalue weighted by Crippen LogP contribution is 2.30. The van der Waals surface area contributed by atoms with Gasteiger partial charge in [-0.3, -0.25) is 0 Å². The van der Waals surface area contributed by atoms with Gasteiger partial charge in [-0.1, -0.05) is 47.5 Å². The zero-order valence-electron chi connectivity index (χ0n) is 10.3. The van der Waals surface area contributed by atoms with Crippen molar-refractivity contribution < 1.29 is 9.50 Å². The number of benzene rings is 2. The molecule has 1 atom stereocenters. The molecule has 0 bridgehead atoms. The van der Waals surface area contributed by atoms with Crippen molar-refractivity contribution in [3.05, 3.63) is 69.0 Å². The van der Waals surface area contributed by atoms with E-state index >= 15 is 0 Å². The van der Waals surface area contributed by atoms with Gasteiger partial charge in [0.05, 0.1) is 6.10 Å². The van der Waals surface area contributed by atoms with Crippen LogP contribution in [0.25, 0.3) is 0 Å². The molecular formula is C15H13Cl2FO. The molecule has 2 aromatic rings. The van der Waals surface area contributed by atoms with Crippen molar-refractivity contribution in [3.63, 3.8) is 0 Å². The molecule has 100 valence electrons. The SMILES string of the molecule is Cc1cccc(C(O)Cc2c(Cl)cccc2Cl)c1F. The van der Waals surface area contributed by atoms with Crippen molar-refractivity contribution >= 4 is 23.2 Å². The van der Waals surface area contributed by atoms with Gasteiger partial charge >= 0.3 is 0 Å². The van der Waals surface area contributed by atoms with E-state index < -0.39 is 11.9 Å². The number of aliphatic hydroxyl groups is 1. The highest BCUT2D eigenvalue weighted by molar-refractivity contribution is 6.35. The maximum atomic E-state index is 13.9. The van der Waals surface area contributed by atoms with Crippen LogP contribution in [0.2, 0.25) is 10.0 Å². The average molecular weight is 299 g/mol. The molecule has 0 radical (unpaired) electrons. The fraction of sp³-hybridized carbons (Fsp3) is 0.200. The van der Waals surface area contributed by atoms with Crippen LogP contribution >= 0.6 is 23.2 Å². The van der Waals surface area contributed by atoms with Crippen LogP contribution in [0.4, 0.5) is 4.39 Å². The molecule has 4 heteroatoms. The van der Waals surface area contributed by atoms with E-state index in [9.17, 15) is 9.50 Å². The number of hydrogen-bond acceptors (Lipinski definition) is 1. The lowest BCUT2D eigenvalue weighted by molar-refractivity contribution is 0.173. The zero-order chi connectivity index (χ0) is 14.0. The Bertz CT molecular complexity index is 578. The van der Waals surface area contributed by atoms with E-state index in [1.807, 2.05) is 0 Å². The minimum absolute atomic E-state index is 0.179. The topological polar surface area (TPSA) is 20.2 Å². The zero-order valence-corrected chi connectivity index (χ0v) is 11.8. The van der Waals surface area contributed by atoms with Gasteiger partial charge in [0, 0.05) is 22.0 Å². The van der Waals surface area contributed by atoms with Crippen molar-refractivity contribution in [3.8, 4) is 0 Å². The molecular weight excluding hydrogens is 286 g/mol. The molecule has 2 rings (SSSR count). The van der Waals surface area contributed by atoms with Crippen LogP contribution in [-0.4, -0.2) is 5.11 Å². The summed E-state index contributed by atoms with van der Waals surface area (Å²) in [5.74, 6) is -0.391. The molecule has 1 unspecified atom stereocenters. The smallest absolute Gasteiger partial charge is 0.131 e. The number of aliphatic hydroxyl groups excluding tert-OH is 1. The summed E-state index contributed by atoms with van der Waals surface area (Å²) in [5, 5.41) is 11.1. The third-order valence-corrected chi connectivity index (χ3v) is 3.75. The fourth-order valence-electron chi connectivity index (χ4n) is 1.96. The van der Waals surface area contributed by atoms with Crippen molar-refractivity contribution in [2.75, 3.05) is 0 Å². The van der Waals surface area contributed by atoms with E-state index in [4.69, 9.17) is 23.2 Å². The first kappa shape index (κ1) is 14.3. The summed E-state index contributed by atoms with van der Waals surface area (Å²) in [7, 11) is 0. The van der Waals surface area contributed by atoms with Crippen LogP contribution < -0.4 is 0 Å². The van der Waals surface area contributed by atoms with Crippen molar-refractivity contribution in [2.24, 2.45) is 0 Å². The van der Waals surface area contributed by atoms with E-state index in [0.29, 0.717) is 21.2 Å². The Morgan fingerprint density at radius 2 is 1.68 bits per heavy atom. The van der Waals surface area contributed by atoms with Crippen LogP contribution in [0.5, 0.6) is 0 Å². The van der Waals surface area contributed by atoms with E-state index in [-0.39, 0.29) is 12.0 Å². The lowest BCUT2D eigenvalue weighted by Crippen LogP contribution is -2.06. The van der Waals surface area contributed by atoms with Crippen molar-refractivity contribution in [1.82, 2.24) is 0 Å². The molecule has 0 aliphatic rings. The molecule has 0 aliphatic heterocycles. The Balaban J connectivity index is 2.31. The summed E-state index contributed by atoms with van der Waals surface area (Å²) >= 11 is 12.1.